The fourth-order valence-electron chi connectivity index (χ4n) is 0.818. The maximum atomic E-state index is 13.1. The zero-order valence-corrected chi connectivity index (χ0v) is 7.90. The molecule has 0 aliphatic rings. The van der Waals surface area contributed by atoms with Crippen LogP contribution in [0.1, 0.15) is 5.56 Å². The van der Waals surface area contributed by atoms with Crippen LogP contribution >= 0.6 is 15.9 Å². The van der Waals surface area contributed by atoms with Crippen molar-refractivity contribution in [3.63, 3.8) is 0 Å². The normalized spacial score (nSPS) is 9.82. The molecular formula is C8H8BrFO. The SMILES string of the molecule is COc1c(Br)ccc(C)c1F. The molecule has 0 atom stereocenters. The van der Waals surface area contributed by atoms with Crippen LogP contribution in [-0.4, -0.2) is 7.11 Å². The van der Waals surface area contributed by atoms with Crippen molar-refractivity contribution < 1.29 is 9.13 Å². The number of aryl methyl sites for hydroxylation is 1. The number of rotatable bonds is 1. The fraction of sp³-hybridized carbons (Fsp3) is 0.250. The van der Waals surface area contributed by atoms with Crippen LogP contribution in [0.15, 0.2) is 16.6 Å². The Labute approximate surface area is 73.3 Å². The van der Waals surface area contributed by atoms with E-state index in [0.717, 1.165) is 0 Å². The van der Waals surface area contributed by atoms with E-state index >= 15 is 0 Å². The molecule has 0 fully saturated rings. The number of halogens is 2. The molecule has 60 valence electrons. The highest BCUT2D eigenvalue weighted by atomic mass is 79.9. The Morgan fingerprint density at radius 3 is 2.55 bits per heavy atom. The van der Waals surface area contributed by atoms with Crippen molar-refractivity contribution >= 4 is 15.9 Å². The molecule has 0 aromatic heterocycles. The van der Waals surface area contributed by atoms with Crippen LogP contribution in [0.3, 0.4) is 0 Å². The average Bonchev–Trinajstić information content (AvgIpc) is 1.99. The van der Waals surface area contributed by atoms with Gasteiger partial charge in [0.05, 0.1) is 11.6 Å². The second-order valence-corrected chi connectivity index (χ2v) is 3.07. The highest BCUT2D eigenvalue weighted by molar-refractivity contribution is 9.10. The summed E-state index contributed by atoms with van der Waals surface area (Å²) in [4.78, 5) is 0. The quantitative estimate of drug-likeness (QED) is 0.705. The minimum absolute atomic E-state index is 0.269. The van der Waals surface area contributed by atoms with Crippen molar-refractivity contribution in [3.05, 3.63) is 28.0 Å². The molecule has 0 radical (unpaired) electrons. The van der Waals surface area contributed by atoms with Crippen LogP contribution in [0.4, 0.5) is 4.39 Å². The molecule has 0 bridgehead atoms. The molecule has 1 nitrogen and oxygen atoms in total. The third-order valence-electron chi connectivity index (χ3n) is 1.45. The largest absolute Gasteiger partial charge is 0.492 e. The van der Waals surface area contributed by atoms with Crippen molar-refractivity contribution in [2.24, 2.45) is 0 Å². The van der Waals surface area contributed by atoms with Gasteiger partial charge in [0.1, 0.15) is 0 Å². The van der Waals surface area contributed by atoms with Crippen molar-refractivity contribution in [3.8, 4) is 5.75 Å². The second-order valence-electron chi connectivity index (χ2n) is 2.21. The molecule has 0 amide bonds. The molecule has 1 aromatic rings. The van der Waals surface area contributed by atoms with Gasteiger partial charge >= 0.3 is 0 Å². The standard InChI is InChI=1S/C8H8BrFO/c1-5-3-4-6(9)8(11-2)7(5)10/h3-4H,1-2H3. The molecule has 11 heavy (non-hydrogen) atoms. The van der Waals surface area contributed by atoms with Crippen LogP contribution in [0.5, 0.6) is 5.75 Å². The molecule has 0 aliphatic carbocycles. The van der Waals surface area contributed by atoms with Gasteiger partial charge in [-0.2, -0.15) is 0 Å². The van der Waals surface area contributed by atoms with E-state index in [4.69, 9.17) is 4.74 Å². The van der Waals surface area contributed by atoms with E-state index in [1.54, 1.807) is 19.1 Å². The third-order valence-corrected chi connectivity index (χ3v) is 2.07. The Kier molecular flexibility index (Phi) is 2.49. The van der Waals surface area contributed by atoms with Gasteiger partial charge in [-0.05, 0) is 34.5 Å². The van der Waals surface area contributed by atoms with E-state index in [1.165, 1.54) is 7.11 Å². The van der Waals surface area contributed by atoms with Gasteiger partial charge in [0, 0.05) is 0 Å². The molecule has 0 unspecified atom stereocenters. The van der Waals surface area contributed by atoms with E-state index < -0.39 is 0 Å². The van der Waals surface area contributed by atoms with E-state index in [0.29, 0.717) is 10.0 Å². The first-order chi connectivity index (χ1) is 5.16. The number of hydrogen-bond acceptors (Lipinski definition) is 1. The van der Waals surface area contributed by atoms with E-state index in [9.17, 15) is 4.39 Å². The minimum Gasteiger partial charge on any atom is -0.492 e. The molecule has 0 saturated heterocycles. The number of benzene rings is 1. The maximum absolute atomic E-state index is 13.1. The molecule has 0 heterocycles. The van der Waals surface area contributed by atoms with Gasteiger partial charge in [0.15, 0.2) is 11.6 Å². The molecule has 0 spiro atoms. The van der Waals surface area contributed by atoms with Gasteiger partial charge in [-0.1, -0.05) is 6.07 Å². The summed E-state index contributed by atoms with van der Waals surface area (Å²) in [6.45, 7) is 1.70. The van der Waals surface area contributed by atoms with Crippen LogP contribution in [-0.2, 0) is 0 Å². The maximum Gasteiger partial charge on any atom is 0.169 e. The monoisotopic (exact) mass is 218 g/mol. The van der Waals surface area contributed by atoms with Crippen molar-refractivity contribution in [2.75, 3.05) is 7.11 Å². The van der Waals surface area contributed by atoms with Crippen LogP contribution in [0, 0.1) is 12.7 Å². The number of hydrogen-bond donors (Lipinski definition) is 0. The van der Waals surface area contributed by atoms with Crippen molar-refractivity contribution in [1.29, 1.82) is 0 Å². The molecular weight excluding hydrogens is 211 g/mol. The lowest BCUT2D eigenvalue weighted by Gasteiger charge is -2.05. The van der Waals surface area contributed by atoms with Gasteiger partial charge in [0.25, 0.3) is 0 Å². The van der Waals surface area contributed by atoms with Gasteiger partial charge in [-0.3, -0.25) is 0 Å². The summed E-state index contributed by atoms with van der Waals surface area (Å²) in [5, 5.41) is 0. The molecule has 1 aromatic carbocycles. The topological polar surface area (TPSA) is 9.23 Å². The van der Waals surface area contributed by atoms with E-state index in [1.807, 2.05) is 0 Å². The lowest BCUT2D eigenvalue weighted by Crippen LogP contribution is -1.91. The van der Waals surface area contributed by atoms with Crippen molar-refractivity contribution in [2.45, 2.75) is 6.92 Å². The second kappa shape index (κ2) is 3.22. The van der Waals surface area contributed by atoms with Crippen LogP contribution in [0.2, 0.25) is 0 Å². The molecule has 3 heteroatoms. The first kappa shape index (κ1) is 8.53. The summed E-state index contributed by atoms with van der Waals surface area (Å²) >= 11 is 3.18. The van der Waals surface area contributed by atoms with Gasteiger partial charge in [-0.25, -0.2) is 4.39 Å². The summed E-state index contributed by atoms with van der Waals surface area (Å²) < 4.78 is 18.6. The summed E-state index contributed by atoms with van der Waals surface area (Å²) in [5.41, 5.74) is 0.588. The van der Waals surface area contributed by atoms with Gasteiger partial charge in [-0.15, -0.1) is 0 Å². The zero-order valence-electron chi connectivity index (χ0n) is 6.32. The van der Waals surface area contributed by atoms with Gasteiger partial charge < -0.3 is 4.74 Å². The predicted molar refractivity (Wildman–Crippen MR) is 45.4 cm³/mol. The fourth-order valence-corrected chi connectivity index (χ4v) is 1.29. The minimum atomic E-state index is -0.304. The summed E-state index contributed by atoms with van der Waals surface area (Å²) in [5.74, 6) is -0.0353. The predicted octanol–water partition coefficient (Wildman–Crippen LogP) is 2.91. The van der Waals surface area contributed by atoms with Crippen molar-refractivity contribution in [1.82, 2.24) is 0 Å². The molecule has 1 rings (SSSR count). The molecule has 0 aliphatic heterocycles. The summed E-state index contributed by atoms with van der Waals surface area (Å²) in [6.07, 6.45) is 0. The summed E-state index contributed by atoms with van der Waals surface area (Å²) in [7, 11) is 1.45. The molecule has 0 saturated carbocycles. The Morgan fingerprint density at radius 2 is 2.09 bits per heavy atom. The highest BCUT2D eigenvalue weighted by Gasteiger charge is 2.08. The average molecular weight is 219 g/mol. The highest BCUT2D eigenvalue weighted by Crippen LogP contribution is 2.29. The Hall–Kier alpha value is -0.570. The smallest absolute Gasteiger partial charge is 0.169 e. The Morgan fingerprint density at radius 1 is 1.45 bits per heavy atom. The zero-order chi connectivity index (χ0) is 8.43. The molecule has 0 N–H and O–H groups in total. The van der Waals surface area contributed by atoms with Crippen LogP contribution < -0.4 is 4.74 Å². The first-order valence-electron chi connectivity index (χ1n) is 3.15. The Balaban J connectivity index is 3.29. The number of methoxy groups -OCH3 is 1. The lowest BCUT2D eigenvalue weighted by atomic mass is 10.2. The van der Waals surface area contributed by atoms with Crippen LogP contribution in [0.25, 0.3) is 0 Å². The number of ether oxygens (including phenoxy) is 1. The van der Waals surface area contributed by atoms with E-state index in [-0.39, 0.29) is 11.6 Å². The third kappa shape index (κ3) is 1.53. The first-order valence-corrected chi connectivity index (χ1v) is 3.94. The van der Waals surface area contributed by atoms with Gasteiger partial charge in [0.2, 0.25) is 0 Å². The lowest BCUT2D eigenvalue weighted by molar-refractivity contribution is 0.382. The summed E-state index contributed by atoms with van der Waals surface area (Å²) in [6, 6.07) is 3.46. The Bertz CT molecular complexity index is 273. The van der Waals surface area contributed by atoms with E-state index in [2.05, 4.69) is 15.9 Å².